The summed E-state index contributed by atoms with van der Waals surface area (Å²) in [6.07, 6.45) is 1.81. The van der Waals surface area contributed by atoms with Crippen molar-refractivity contribution in [1.82, 2.24) is 9.80 Å². The number of aliphatic hydroxyl groups is 1. The number of likely N-dealkylation sites (tertiary alicyclic amines) is 1. The van der Waals surface area contributed by atoms with Gasteiger partial charge in [0.25, 0.3) is 5.91 Å². The van der Waals surface area contributed by atoms with Crippen LogP contribution in [0.4, 0.5) is 0 Å². The Morgan fingerprint density at radius 2 is 2.09 bits per heavy atom. The number of hydrogen-bond acceptors (Lipinski definition) is 5. The normalized spacial score (nSPS) is 24.6. The number of ether oxygens (including phenoxy) is 1. The summed E-state index contributed by atoms with van der Waals surface area (Å²) in [6, 6.07) is 3.62. The van der Waals surface area contributed by atoms with Gasteiger partial charge in [0.05, 0.1) is 25.9 Å². The zero-order valence-electron chi connectivity index (χ0n) is 13.7. The molecule has 0 saturated carbocycles. The summed E-state index contributed by atoms with van der Waals surface area (Å²) in [7, 11) is 0. The first-order valence-corrected chi connectivity index (χ1v) is 8.48. The highest BCUT2D eigenvalue weighted by molar-refractivity contribution is 5.91. The summed E-state index contributed by atoms with van der Waals surface area (Å²) in [5.41, 5.74) is 0. The molecule has 1 amide bonds. The number of carbonyl (C=O) groups excluding carboxylic acids is 1. The summed E-state index contributed by atoms with van der Waals surface area (Å²) in [6.45, 7) is 6.71. The molecule has 2 aliphatic rings. The van der Waals surface area contributed by atoms with Gasteiger partial charge >= 0.3 is 0 Å². The fourth-order valence-electron chi connectivity index (χ4n) is 3.15. The second kappa shape index (κ2) is 7.47. The molecule has 1 atom stereocenters. The topological polar surface area (TPSA) is 66.2 Å². The van der Waals surface area contributed by atoms with Gasteiger partial charge in [0.15, 0.2) is 5.76 Å². The molecule has 1 aromatic heterocycles. The molecular formula is C17H26N2O4. The van der Waals surface area contributed by atoms with Crippen LogP contribution in [-0.4, -0.2) is 66.3 Å². The molecule has 0 aliphatic carbocycles. The molecule has 1 aromatic rings. The van der Waals surface area contributed by atoms with Gasteiger partial charge in [0.1, 0.15) is 5.76 Å². The summed E-state index contributed by atoms with van der Waals surface area (Å²) in [5, 5.41) is 9.74. The van der Waals surface area contributed by atoms with E-state index < -0.39 is 6.10 Å². The predicted molar refractivity (Wildman–Crippen MR) is 85.1 cm³/mol. The highest BCUT2D eigenvalue weighted by Crippen LogP contribution is 2.19. The van der Waals surface area contributed by atoms with E-state index in [-0.39, 0.29) is 12.5 Å². The average molecular weight is 322 g/mol. The van der Waals surface area contributed by atoms with Crippen LogP contribution >= 0.6 is 0 Å². The van der Waals surface area contributed by atoms with Crippen molar-refractivity contribution in [1.29, 1.82) is 0 Å². The molecular weight excluding hydrogens is 296 g/mol. The largest absolute Gasteiger partial charge is 0.455 e. The molecule has 2 aliphatic heterocycles. The predicted octanol–water partition coefficient (Wildman–Crippen LogP) is 1.34. The molecule has 0 radical (unpaired) electrons. The van der Waals surface area contributed by atoms with Crippen LogP contribution in [0.1, 0.15) is 36.1 Å². The molecule has 3 heterocycles. The number of carbonyl (C=O) groups is 1. The number of piperidine rings is 1. The second-order valence-electron chi connectivity index (χ2n) is 6.70. The SMILES string of the molecule is CC1CCN(Cc2ccc(C(=O)N3CCOC[C@@H](O)C3)o2)CC1. The Morgan fingerprint density at radius 1 is 1.30 bits per heavy atom. The molecule has 0 unspecified atom stereocenters. The maximum atomic E-state index is 12.5. The van der Waals surface area contributed by atoms with Crippen LogP contribution in [0.5, 0.6) is 0 Å². The van der Waals surface area contributed by atoms with Crippen molar-refractivity contribution in [2.24, 2.45) is 5.92 Å². The van der Waals surface area contributed by atoms with E-state index in [0.29, 0.717) is 25.5 Å². The minimum Gasteiger partial charge on any atom is -0.455 e. The Kier molecular flexibility index (Phi) is 5.35. The van der Waals surface area contributed by atoms with Crippen molar-refractivity contribution in [2.75, 3.05) is 39.4 Å². The zero-order chi connectivity index (χ0) is 16.2. The van der Waals surface area contributed by atoms with Gasteiger partial charge in [-0.2, -0.15) is 0 Å². The summed E-state index contributed by atoms with van der Waals surface area (Å²) in [4.78, 5) is 16.5. The van der Waals surface area contributed by atoms with E-state index >= 15 is 0 Å². The van der Waals surface area contributed by atoms with Crippen molar-refractivity contribution in [3.05, 3.63) is 23.7 Å². The van der Waals surface area contributed by atoms with Crippen molar-refractivity contribution >= 4 is 5.91 Å². The van der Waals surface area contributed by atoms with Gasteiger partial charge in [-0.15, -0.1) is 0 Å². The van der Waals surface area contributed by atoms with E-state index in [2.05, 4.69) is 11.8 Å². The molecule has 6 heteroatoms. The lowest BCUT2D eigenvalue weighted by atomic mass is 9.99. The van der Waals surface area contributed by atoms with E-state index in [0.717, 1.165) is 31.3 Å². The fourth-order valence-corrected chi connectivity index (χ4v) is 3.15. The van der Waals surface area contributed by atoms with Crippen LogP contribution in [0.3, 0.4) is 0 Å². The van der Waals surface area contributed by atoms with Gasteiger partial charge < -0.3 is 19.2 Å². The number of furan rings is 1. The molecule has 2 fully saturated rings. The van der Waals surface area contributed by atoms with E-state index in [1.807, 2.05) is 6.07 Å². The number of rotatable bonds is 3. The maximum Gasteiger partial charge on any atom is 0.289 e. The number of nitrogens with zero attached hydrogens (tertiary/aromatic N) is 2. The minimum atomic E-state index is -0.633. The molecule has 1 N–H and O–H groups in total. The third-order valence-electron chi connectivity index (χ3n) is 4.66. The Labute approximate surface area is 137 Å². The molecule has 2 saturated heterocycles. The Balaban J connectivity index is 1.58. The highest BCUT2D eigenvalue weighted by atomic mass is 16.5. The van der Waals surface area contributed by atoms with E-state index in [4.69, 9.17) is 9.15 Å². The molecule has 0 bridgehead atoms. The summed E-state index contributed by atoms with van der Waals surface area (Å²) < 4.78 is 11.0. The molecule has 23 heavy (non-hydrogen) atoms. The van der Waals surface area contributed by atoms with Crippen LogP contribution in [0.25, 0.3) is 0 Å². The van der Waals surface area contributed by atoms with Gasteiger partial charge in [-0.05, 0) is 44.0 Å². The van der Waals surface area contributed by atoms with Crippen LogP contribution < -0.4 is 0 Å². The van der Waals surface area contributed by atoms with Gasteiger partial charge in [0.2, 0.25) is 0 Å². The van der Waals surface area contributed by atoms with Gasteiger partial charge in [-0.3, -0.25) is 9.69 Å². The van der Waals surface area contributed by atoms with Crippen molar-refractivity contribution in [2.45, 2.75) is 32.4 Å². The monoisotopic (exact) mass is 322 g/mol. The van der Waals surface area contributed by atoms with Gasteiger partial charge in [-0.25, -0.2) is 0 Å². The quantitative estimate of drug-likeness (QED) is 0.910. The summed E-state index contributed by atoms with van der Waals surface area (Å²) in [5.74, 6) is 1.80. The highest BCUT2D eigenvalue weighted by Gasteiger charge is 2.24. The first-order valence-electron chi connectivity index (χ1n) is 8.48. The fraction of sp³-hybridized carbons (Fsp3) is 0.706. The average Bonchev–Trinajstić information content (AvgIpc) is 2.89. The van der Waals surface area contributed by atoms with Crippen LogP contribution in [0, 0.1) is 5.92 Å². The van der Waals surface area contributed by atoms with Gasteiger partial charge in [0, 0.05) is 13.1 Å². The van der Waals surface area contributed by atoms with Crippen LogP contribution in [0.15, 0.2) is 16.5 Å². The smallest absolute Gasteiger partial charge is 0.289 e. The third-order valence-corrected chi connectivity index (χ3v) is 4.66. The van der Waals surface area contributed by atoms with Gasteiger partial charge in [-0.1, -0.05) is 6.92 Å². The molecule has 0 spiro atoms. The third kappa shape index (κ3) is 4.34. The van der Waals surface area contributed by atoms with Crippen molar-refractivity contribution < 1.29 is 19.1 Å². The van der Waals surface area contributed by atoms with E-state index in [1.165, 1.54) is 12.8 Å². The van der Waals surface area contributed by atoms with Crippen LogP contribution in [-0.2, 0) is 11.3 Å². The lowest BCUT2D eigenvalue weighted by Gasteiger charge is -2.29. The van der Waals surface area contributed by atoms with Crippen molar-refractivity contribution in [3.63, 3.8) is 0 Å². The minimum absolute atomic E-state index is 0.173. The first-order chi connectivity index (χ1) is 11.1. The van der Waals surface area contributed by atoms with Crippen LogP contribution in [0.2, 0.25) is 0 Å². The zero-order valence-corrected chi connectivity index (χ0v) is 13.7. The lowest BCUT2D eigenvalue weighted by molar-refractivity contribution is 0.0524. The number of aliphatic hydroxyl groups excluding tert-OH is 1. The Bertz CT molecular complexity index is 522. The molecule has 3 rings (SSSR count). The second-order valence-corrected chi connectivity index (χ2v) is 6.70. The number of hydrogen-bond donors (Lipinski definition) is 1. The Morgan fingerprint density at radius 3 is 2.87 bits per heavy atom. The number of amides is 1. The Hall–Kier alpha value is -1.37. The first kappa shape index (κ1) is 16.5. The van der Waals surface area contributed by atoms with E-state index in [1.54, 1.807) is 11.0 Å². The summed E-state index contributed by atoms with van der Waals surface area (Å²) >= 11 is 0. The molecule has 128 valence electrons. The molecule has 0 aromatic carbocycles. The van der Waals surface area contributed by atoms with E-state index in [9.17, 15) is 9.90 Å². The maximum absolute atomic E-state index is 12.5. The lowest BCUT2D eigenvalue weighted by Crippen LogP contribution is -2.37. The molecule has 6 nitrogen and oxygen atoms in total. The number of β-amino-alcohol motifs (C(OH)–C–C–N with tert-alkyl or cyclic N) is 1. The standard InChI is InChI=1S/C17H26N2O4/c1-13-4-6-18(7-5-13)11-15-2-3-16(23-15)17(21)19-8-9-22-12-14(20)10-19/h2-3,13-14,20H,4-12H2,1H3/t14-/m0/s1. The van der Waals surface area contributed by atoms with Crippen molar-refractivity contribution in [3.8, 4) is 0 Å².